The second-order valence-electron chi connectivity index (χ2n) is 3.30. The number of rotatable bonds is 3. The molecule has 0 aliphatic heterocycles. The van der Waals surface area contributed by atoms with E-state index in [1.165, 1.54) is 6.20 Å². The van der Waals surface area contributed by atoms with Crippen molar-refractivity contribution in [2.45, 2.75) is 4.90 Å². The monoisotopic (exact) mass is 266 g/mol. The lowest BCUT2D eigenvalue weighted by Gasteiger charge is -2.10. The van der Waals surface area contributed by atoms with Gasteiger partial charge in [-0.25, -0.2) is 4.98 Å². The van der Waals surface area contributed by atoms with E-state index in [0.717, 1.165) is 10.6 Å². The maximum atomic E-state index is 5.78. The number of aromatic nitrogens is 1. The molecule has 0 radical (unpaired) electrons. The van der Waals surface area contributed by atoms with Crippen molar-refractivity contribution in [3.63, 3.8) is 0 Å². The van der Waals surface area contributed by atoms with Gasteiger partial charge in [0.25, 0.3) is 0 Å². The molecule has 0 aliphatic carbocycles. The second kappa shape index (κ2) is 5.29. The van der Waals surface area contributed by atoms with Gasteiger partial charge in [-0.05, 0) is 24.5 Å². The summed E-state index contributed by atoms with van der Waals surface area (Å²) in [6.07, 6.45) is 3.50. The summed E-state index contributed by atoms with van der Waals surface area (Å²) in [5, 5.41) is 0.494. The van der Waals surface area contributed by atoms with E-state index in [-0.39, 0.29) is 0 Å². The predicted molar refractivity (Wildman–Crippen MR) is 72.0 cm³/mol. The molecule has 0 saturated carbocycles. The summed E-state index contributed by atoms with van der Waals surface area (Å²) >= 11 is 7.38. The molecule has 88 valence electrons. The minimum atomic E-state index is 0.371. The van der Waals surface area contributed by atoms with Crippen LogP contribution in [-0.2, 0) is 0 Å². The van der Waals surface area contributed by atoms with E-state index < -0.39 is 0 Å². The molecule has 2 rings (SSSR count). The Kier molecular flexibility index (Phi) is 3.76. The number of para-hydroxylation sites is 1. The van der Waals surface area contributed by atoms with Crippen LogP contribution in [0.25, 0.3) is 0 Å². The van der Waals surface area contributed by atoms with E-state index in [4.69, 9.17) is 22.1 Å². The molecule has 1 aromatic carbocycles. The van der Waals surface area contributed by atoms with Crippen molar-refractivity contribution in [3.8, 4) is 11.6 Å². The van der Waals surface area contributed by atoms with Gasteiger partial charge < -0.3 is 10.5 Å². The molecule has 17 heavy (non-hydrogen) atoms. The van der Waals surface area contributed by atoms with Crippen LogP contribution < -0.4 is 10.5 Å². The SMILES string of the molecule is CSc1ccccc1Oc1ncc(Cl)cc1N. The molecule has 0 atom stereocenters. The van der Waals surface area contributed by atoms with E-state index in [1.807, 2.05) is 30.5 Å². The van der Waals surface area contributed by atoms with Crippen LogP contribution in [0.15, 0.2) is 41.4 Å². The normalized spacial score (nSPS) is 10.2. The van der Waals surface area contributed by atoms with Gasteiger partial charge in [0.05, 0.1) is 10.7 Å². The average Bonchev–Trinajstić information content (AvgIpc) is 2.33. The molecule has 0 saturated heterocycles. The highest BCUT2D eigenvalue weighted by atomic mass is 35.5. The first-order valence-corrected chi connectivity index (χ1v) is 6.53. The van der Waals surface area contributed by atoms with Gasteiger partial charge >= 0.3 is 0 Å². The maximum absolute atomic E-state index is 5.78. The number of ether oxygens (including phenoxy) is 1. The molecule has 0 unspecified atom stereocenters. The number of anilines is 1. The number of halogens is 1. The number of nitrogens with zero attached hydrogens (tertiary/aromatic N) is 1. The Morgan fingerprint density at radius 1 is 1.35 bits per heavy atom. The summed E-state index contributed by atoms with van der Waals surface area (Å²) in [6, 6.07) is 9.33. The lowest BCUT2D eigenvalue weighted by atomic mass is 10.3. The van der Waals surface area contributed by atoms with Gasteiger partial charge in [0.2, 0.25) is 5.88 Å². The first kappa shape index (κ1) is 12.1. The molecular formula is C12H11ClN2OS. The minimum absolute atomic E-state index is 0.371. The van der Waals surface area contributed by atoms with Crippen molar-refractivity contribution < 1.29 is 4.74 Å². The first-order valence-electron chi connectivity index (χ1n) is 4.92. The number of nitrogen functional groups attached to an aromatic ring is 1. The highest BCUT2D eigenvalue weighted by Gasteiger charge is 2.07. The summed E-state index contributed by atoms with van der Waals surface area (Å²) in [5.41, 5.74) is 6.21. The maximum Gasteiger partial charge on any atom is 0.242 e. The Labute approximate surface area is 109 Å². The highest BCUT2D eigenvalue weighted by molar-refractivity contribution is 7.98. The molecule has 1 aromatic heterocycles. The van der Waals surface area contributed by atoms with Crippen molar-refractivity contribution in [2.24, 2.45) is 0 Å². The molecular weight excluding hydrogens is 256 g/mol. The summed E-state index contributed by atoms with van der Waals surface area (Å²) in [5.74, 6) is 1.11. The van der Waals surface area contributed by atoms with Crippen LogP contribution in [0, 0.1) is 0 Å². The van der Waals surface area contributed by atoms with Gasteiger partial charge in [0.15, 0.2) is 0 Å². The smallest absolute Gasteiger partial charge is 0.242 e. The van der Waals surface area contributed by atoms with Crippen molar-refractivity contribution >= 4 is 29.1 Å². The summed E-state index contributed by atoms with van der Waals surface area (Å²) in [6.45, 7) is 0. The minimum Gasteiger partial charge on any atom is -0.436 e. The van der Waals surface area contributed by atoms with Gasteiger partial charge in [-0.3, -0.25) is 0 Å². The number of thioether (sulfide) groups is 1. The molecule has 0 amide bonds. The number of hydrogen-bond acceptors (Lipinski definition) is 4. The van der Waals surface area contributed by atoms with Crippen molar-refractivity contribution in [1.29, 1.82) is 0 Å². The lowest BCUT2D eigenvalue weighted by Crippen LogP contribution is -1.95. The van der Waals surface area contributed by atoms with E-state index in [0.29, 0.717) is 16.6 Å². The molecule has 0 bridgehead atoms. The van der Waals surface area contributed by atoms with Gasteiger partial charge in [0.1, 0.15) is 5.75 Å². The quantitative estimate of drug-likeness (QED) is 0.858. The van der Waals surface area contributed by atoms with E-state index in [9.17, 15) is 0 Å². The fourth-order valence-electron chi connectivity index (χ4n) is 1.33. The topological polar surface area (TPSA) is 48.1 Å². The van der Waals surface area contributed by atoms with Crippen LogP contribution in [0.4, 0.5) is 5.69 Å². The summed E-state index contributed by atoms with van der Waals surface area (Å²) in [7, 11) is 0. The summed E-state index contributed by atoms with van der Waals surface area (Å²) in [4.78, 5) is 5.09. The van der Waals surface area contributed by atoms with Crippen molar-refractivity contribution in [1.82, 2.24) is 4.98 Å². The van der Waals surface area contributed by atoms with Crippen molar-refractivity contribution in [3.05, 3.63) is 41.6 Å². The van der Waals surface area contributed by atoms with E-state index in [1.54, 1.807) is 17.8 Å². The average molecular weight is 267 g/mol. The molecule has 3 nitrogen and oxygen atoms in total. The fraction of sp³-hybridized carbons (Fsp3) is 0.0833. The van der Waals surface area contributed by atoms with Crippen LogP contribution >= 0.6 is 23.4 Å². The van der Waals surface area contributed by atoms with E-state index >= 15 is 0 Å². The zero-order valence-corrected chi connectivity index (χ0v) is 10.8. The number of pyridine rings is 1. The Bertz CT molecular complexity index is 534. The largest absolute Gasteiger partial charge is 0.436 e. The van der Waals surface area contributed by atoms with Crippen LogP contribution in [0.1, 0.15) is 0 Å². The molecule has 0 fully saturated rings. The zero-order chi connectivity index (χ0) is 12.3. The molecule has 2 N–H and O–H groups in total. The standard InChI is InChI=1S/C12H11ClN2OS/c1-17-11-5-3-2-4-10(11)16-12-9(14)6-8(13)7-15-12/h2-7H,14H2,1H3. The Morgan fingerprint density at radius 2 is 2.12 bits per heavy atom. The number of benzene rings is 1. The Morgan fingerprint density at radius 3 is 2.82 bits per heavy atom. The Hall–Kier alpha value is -1.39. The molecule has 1 heterocycles. The third-order valence-electron chi connectivity index (χ3n) is 2.12. The van der Waals surface area contributed by atoms with Crippen LogP contribution in [0.2, 0.25) is 5.02 Å². The molecule has 2 aromatic rings. The number of nitrogens with two attached hydrogens (primary N) is 1. The first-order chi connectivity index (χ1) is 8.20. The van der Waals surface area contributed by atoms with Crippen LogP contribution in [0.5, 0.6) is 11.6 Å². The van der Waals surface area contributed by atoms with Crippen molar-refractivity contribution in [2.75, 3.05) is 12.0 Å². The lowest BCUT2D eigenvalue weighted by molar-refractivity contribution is 0.455. The third-order valence-corrected chi connectivity index (χ3v) is 3.10. The zero-order valence-electron chi connectivity index (χ0n) is 9.18. The van der Waals surface area contributed by atoms with Gasteiger partial charge in [0, 0.05) is 11.1 Å². The van der Waals surface area contributed by atoms with Crippen LogP contribution in [0.3, 0.4) is 0 Å². The highest BCUT2D eigenvalue weighted by Crippen LogP contribution is 2.33. The van der Waals surface area contributed by atoms with Gasteiger partial charge in [-0.15, -0.1) is 11.8 Å². The van der Waals surface area contributed by atoms with E-state index in [2.05, 4.69) is 4.98 Å². The summed E-state index contributed by atoms with van der Waals surface area (Å²) < 4.78 is 5.67. The second-order valence-corrected chi connectivity index (χ2v) is 4.59. The third kappa shape index (κ3) is 2.84. The molecule has 5 heteroatoms. The predicted octanol–water partition coefficient (Wildman–Crippen LogP) is 3.83. The fourth-order valence-corrected chi connectivity index (χ4v) is 2.03. The van der Waals surface area contributed by atoms with Gasteiger partial charge in [-0.1, -0.05) is 23.7 Å². The van der Waals surface area contributed by atoms with Crippen LogP contribution in [-0.4, -0.2) is 11.2 Å². The molecule has 0 aliphatic rings. The Balaban J connectivity index is 2.31. The number of hydrogen-bond donors (Lipinski definition) is 1. The molecule has 0 spiro atoms. The van der Waals surface area contributed by atoms with Gasteiger partial charge in [-0.2, -0.15) is 0 Å².